The van der Waals surface area contributed by atoms with Gasteiger partial charge in [0.15, 0.2) is 4.80 Å². The van der Waals surface area contributed by atoms with E-state index < -0.39 is 6.04 Å². The first-order valence-electron chi connectivity index (χ1n) is 12.4. The fourth-order valence-electron chi connectivity index (χ4n) is 5.21. The van der Waals surface area contributed by atoms with Gasteiger partial charge in [-0.15, -0.1) is 0 Å². The molecule has 0 radical (unpaired) electrons. The highest BCUT2D eigenvalue weighted by Crippen LogP contribution is 2.44. The Bertz CT molecular complexity index is 1770. The highest BCUT2D eigenvalue weighted by Gasteiger charge is 2.35. The first-order chi connectivity index (χ1) is 18.4. The van der Waals surface area contributed by atoms with E-state index in [2.05, 4.69) is 6.92 Å². The van der Waals surface area contributed by atoms with E-state index in [0.717, 1.165) is 46.4 Å². The molecular formula is C31H23ClF2N2OS. The summed E-state index contributed by atoms with van der Waals surface area (Å²) in [6.07, 6.45) is 5.60. The Hall–Kier alpha value is -3.61. The summed E-state index contributed by atoms with van der Waals surface area (Å²) in [6.45, 7) is 2.15. The number of halogens is 3. The quantitative estimate of drug-likeness (QED) is 0.284. The van der Waals surface area contributed by atoms with Crippen molar-refractivity contribution in [2.45, 2.75) is 25.8 Å². The van der Waals surface area contributed by atoms with E-state index in [4.69, 9.17) is 16.6 Å². The number of hydrogen-bond donors (Lipinski definition) is 0. The van der Waals surface area contributed by atoms with Crippen LogP contribution >= 0.6 is 22.9 Å². The van der Waals surface area contributed by atoms with Crippen LogP contribution in [0.1, 0.15) is 42.5 Å². The molecule has 190 valence electrons. The van der Waals surface area contributed by atoms with Crippen molar-refractivity contribution in [3.05, 3.63) is 143 Å². The molecule has 7 heteroatoms. The van der Waals surface area contributed by atoms with E-state index in [0.29, 0.717) is 14.4 Å². The van der Waals surface area contributed by atoms with Crippen LogP contribution in [-0.4, -0.2) is 4.57 Å². The predicted molar refractivity (Wildman–Crippen MR) is 149 cm³/mol. The molecule has 2 aliphatic rings. The average molecular weight is 545 g/mol. The van der Waals surface area contributed by atoms with Crippen LogP contribution in [0.25, 0.3) is 12.2 Å². The Kier molecular flexibility index (Phi) is 6.46. The van der Waals surface area contributed by atoms with E-state index in [9.17, 15) is 13.6 Å². The van der Waals surface area contributed by atoms with Crippen molar-refractivity contribution in [1.82, 2.24) is 4.57 Å². The minimum atomic E-state index is -0.402. The maximum Gasteiger partial charge on any atom is 0.271 e. The zero-order chi connectivity index (χ0) is 26.4. The molecule has 2 unspecified atom stereocenters. The van der Waals surface area contributed by atoms with Gasteiger partial charge in [0.05, 0.1) is 16.3 Å². The Morgan fingerprint density at radius 3 is 2.21 bits per heavy atom. The van der Waals surface area contributed by atoms with Gasteiger partial charge in [0, 0.05) is 5.02 Å². The Morgan fingerprint density at radius 1 is 0.921 bits per heavy atom. The third-order valence-electron chi connectivity index (χ3n) is 7.12. The number of aromatic nitrogens is 1. The predicted octanol–water partition coefficient (Wildman–Crippen LogP) is 6.66. The lowest BCUT2D eigenvalue weighted by atomic mass is 9.77. The SMILES string of the molecule is CC1CC/C(=C\c2ccc(F)cc2)C2=C1C(c1ccc(F)cc1)n1c(s/c(=C\c3ccc(Cl)cc3)c1=O)=N2. The maximum atomic E-state index is 13.9. The lowest BCUT2D eigenvalue weighted by molar-refractivity contribution is 0.476. The summed E-state index contributed by atoms with van der Waals surface area (Å²) in [6, 6.07) is 19.7. The molecule has 0 saturated heterocycles. The fraction of sp³-hybridized carbons (Fsp3) is 0.161. The zero-order valence-electron chi connectivity index (χ0n) is 20.5. The van der Waals surface area contributed by atoms with Gasteiger partial charge in [-0.25, -0.2) is 13.8 Å². The van der Waals surface area contributed by atoms with Crippen LogP contribution in [0.15, 0.2) is 99.4 Å². The molecular weight excluding hydrogens is 522 g/mol. The average Bonchev–Trinajstić information content (AvgIpc) is 3.22. The number of rotatable bonds is 3. The number of nitrogens with zero attached hydrogens (tertiary/aromatic N) is 2. The van der Waals surface area contributed by atoms with Crippen molar-refractivity contribution in [2.75, 3.05) is 0 Å². The molecule has 1 aromatic heterocycles. The van der Waals surface area contributed by atoms with E-state index >= 15 is 0 Å². The minimum Gasteiger partial charge on any atom is -0.272 e. The van der Waals surface area contributed by atoms with Gasteiger partial charge in [-0.1, -0.05) is 66.3 Å². The first-order valence-corrected chi connectivity index (χ1v) is 13.6. The molecule has 2 atom stereocenters. The molecule has 38 heavy (non-hydrogen) atoms. The van der Waals surface area contributed by atoms with E-state index in [1.807, 2.05) is 24.3 Å². The molecule has 1 aliphatic heterocycles. The molecule has 0 bridgehead atoms. The molecule has 0 spiro atoms. The second-order valence-corrected chi connectivity index (χ2v) is 11.1. The largest absolute Gasteiger partial charge is 0.272 e. The van der Waals surface area contributed by atoms with E-state index in [1.165, 1.54) is 35.6 Å². The van der Waals surface area contributed by atoms with Crippen molar-refractivity contribution < 1.29 is 8.78 Å². The van der Waals surface area contributed by atoms with Gasteiger partial charge in [-0.3, -0.25) is 9.36 Å². The standard InChI is InChI=1S/C31H23ClF2N2OS/c1-18-2-7-22(16-19-5-12-24(33)13-6-19)28-27(18)29(21-8-14-25(34)15-9-21)36-30(37)26(38-31(36)35-28)17-20-3-10-23(32)11-4-20/h3-6,8-18,29H,2,7H2,1H3/b22-16+,26-17-. The van der Waals surface area contributed by atoms with E-state index in [1.54, 1.807) is 41.0 Å². The van der Waals surface area contributed by atoms with Crippen LogP contribution < -0.4 is 14.9 Å². The van der Waals surface area contributed by atoms with Gasteiger partial charge in [0.1, 0.15) is 11.6 Å². The molecule has 6 rings (SSSR count). The summed E-state index contributed by atoms with van der Waals surface area (Å²) in [7, 11) is 0. The van der Waals surface area contributed by atoms with Gasteiger partial charge < -0.3 is 0 Å². The lowest BCUT2D eigenvalue weighted by Crippen LogP contribution is -2.40. The fourth-order valence-corrected chi connectivity index (χ4v) is 6.34. The molecule has 0 saturated carbocycles. The van der Waals surface area contributed by atoms with Crippen molar-refractivity contribution in [2.24, 2.45) is 10.9 Å². The highest BCUT2D eigenvalue weighted by molar-refractivity contribution is 7.07. The van der Waals surface area contributed by atoms with Crippen LogP contribution in [0.5, 0.6) is 0 Å². The highest BCUT2D eigenvalue weighted by atomic mass is 35.5. The zero-order valence-corrected chi connectivity index (χ0v) is 22.1. The van der Waals surface area contributed by atoms with E-state index in [-0.39, 0.29) is 23.1 Å². The van der Waals surface area contributed by atoms with Crippen molar-refractivity contribution in [3.8, 4) is 0 Å². The Morgan fingerprint density at radius 2 is 1.53 bits per heavy atom. The molecule has 0 N–H and O–H groups in total. The van der Waals surface area contributed by atoms with Crippen LogP contribution in [0.3, 0.4) is 0 Å². The van der Waals surface area contributed by atoms with Crippen LogP contribution in [0.2, 0.25) is 5.02 Å². The second kappa shape index (κ2) is 9.93. The lowest BCUT2D eigenvalue weighted by Gasteiger charge is -2.34. The summed E-state index contributed by atoms with van der Waals surface area (Å²) in [5.74, 6) is -0.445. The van der Waals surface area contributed by atoms with Gasteiger partial charge in [-0.05, 0) is 95.1 Å². The summed E-state index contributed by atoms with van der Waals surface area (Å²) in [5, 5.41) is 0.627. The summed E-state index contributed by atoms with van der Waals surface area (Å²) in [4.78, 5) is 19.5. The summed E-state index contributed by atoms with van der Waals surface area (Å²) >= 11 is 7.38. The van der Waals surface area contributed by atoms with Gasteiger partial charge >= 0.3 is 0 Å². The molecule has 0 amide bonds. The molecule has 2 heterocycles. The third-order valence-corrected chi connectivity index (χ3v) is 8.35. The maximum absolute atomic E-state index is 13.9. The van der Waals surface area contributed by atoms with Gasteiger partial charge in [-0.2, -0.15) is 0 Å². The Labute approximate surface area is 227 Å². The van der Waals surface area contributed by atoms with Gasteiger partial charge in [0.25, 0.3) is 5.56 Å². The molecule has 1 aliphatic carbocycles. The second-order valence-electron chi connectivity index (χ2n) is 9.65. The molecule has 4 aromatic rings. The van der Waals surface area contributed by atoms with Gasteiger partial charge in [0.2, 0.25) is 0 Å². The third kappa shape index (κ3) is 4.59. The topological polar surface area (TPSA) is 34.4 Å². The normalized spacial score (nSPS) is 20.3. The Balaban J connectivity index is 1.59. The van der Waals surface area contributed by atoms with Crippen LogP contribution in [-0.2, 0) is 0 Å². The number of fused-ring (bicyclic) bond motifs is 1. The number of thiazole rings is 1. The smallest absolute Gasteiger partial charge is 0.271 e. The summed E-state index contributed by atoms with van der Waals surface area (Å²) in [5.41, 5.74) is 5.42. The minimum absolute atomic E-state index is 0.133. The molecule has 0 fully saturated rings. The monoisotopic (exact) mass is 544 g/mol. The van der Waals surface area contributed by atoms with Crippen molar-refractivity contribution in [1.29, 1.82) is 0 Å². The molecule has 3 aromatic carbocycles. The van der Waals surface area contributed by atoms with Crippen LogP contribution in [0, 0.1) is 17.6 Å². The van der Waals surface area contributed by atoms with Crippen molar-refractivity contribution in [3.63, 3.8) is 0 Å². The number of allylic oxidation sites excluding steroid dienone is 2. The number of benzene rings is 3. The van der Waals surface area contributed by atoms with Crippen LogP contribution in [0.4, 0.5) is 8.78 Å². The number of hydrogen-bond acceptors (Lipinski definition) is 3. The summed E-state index contributed by atoms with van der Waals surface area (Å²) < 4.78 is 29.7. The molecule has 3 nitrogen and oxygen atoms in total. The van der Waals surface area contributed by atoms with Crippen molar-refractivity contribution >= 4 is 35.1 Å². The first kappa shape index (κ1) is 24.7.